The molecule has 0 spiro atoms. The zero-order valence-electron chi connectivity index (χ0n) is 8.89. The van der Waals surface area contributed by atoms with Gasteiger partial charge in [0.25, 0.3) is 0 Å². The molecule has 82 valence electrons. The Kier molecular flexibility index (Phi) is 2.26. The molecule has 1 unspecified atom stereocenters. The zero-order chi connectivity index (χ0) is 11.0. The Labute approximate surface area is 98.6 Å². The minimum absolute atomic E-state index is 0.260. The molecule has 4 heteroatoms. The van der Waals surface area contributed by atoms with Crippen molar-refractivity contribution < 1.29 is 0 Å². The monoisotopic (exact) mass is 231 g/mol. The number of nitrogens with zero attached hydrogens (tertiary/aromatic N) is 2. The van der Waals surface area contributed by atoms with Crippen molar-refractivity contribution in [2.24, 2.45) is 5.73 Å². The standard InChI is InChI=1S/C12H13N3S/c13-12(9-4-2-1-3-5-9)7-6-10-11(8-12)15-16-14-10/h1-5H,6-8,13H2. The summed E-state index contributed by atoms with van der Waals surface area (Å²) in [5, 5.41) is 0. The molecule has 0 bridgehead atoms. The highest BCUT2D eigenvalue weighted by Gasteiger charge is 2.34. The van der Waals surface area contributed by atoms with Crippen molar-refractivity contribution in [3.63, 3.8) is 0 Å². The molecule has 1 aromatic carbocycles. The van der Waals surface area contributed by atoms with Crippen LogP contribution in [-0.4, -0.2) is 8.75 Å². The van der Waals surface area contributed by atoms with E-state index >= 15 is 0 Å². The molecular formula is C12H13N3S. The van der Waals surface area contributed by atoms with Gasteiger partial charge >= 0.3 is 0 Å². The number of benzene rings is 1. The molecule has 1 atom stereocenters. The molecule has 1 aliphatic rings. The fraction of sp³-hybridized carbons (Fsp3) is 0.333. The van der Waals surface area contributed by atoms with Gasteiger partial charge in [-0.3, -0.25) is 0 Å². The number of fused-ring (bicyclic) bond motifs is 1. The Morgan fingerprint density at radius 3 is 2.69 bits per heavy atom. The number of hydrogen-bond acceptors (Lipinski definition) is 4. The van der Waals surface area contributed by atoms with Crippen LogP contribution in [0.3, 0.4) is 0 Å². The summed E-state index contributed by atoms with van der Waals surface area (Å²) in [6.07, 6.45) is 2.70. The van der Waals surface area contributed by atoms with Crippen molar-refractivity contribution in [3.05, 3.63) is 47.3 Å². The lowest BCUT2D eigenvalue weighted by atomic mass is 9.78. The third kappa shape index (κ3) is 1.54. The second-order valence-electron chi connectivity index (χ2n) is 4.36. The number of aromatic nitrogens is 2. The van der Waals surface area contributed by atoms with Gasteiger partial charge in [-0.15, -0.1) is 0 Å². The van der Waals surface area contributed by atoms with Crippen LogP contribution >= 0.6 is 11.7 Å². The zero-order valence-corrected chi connectivity index (χ0v) is 9.70. The van der Waals surface area contributed by atoms with E-state index in [0.29, 0.717) is 0 Å². The lowest BCUT2D eigenvalue weighted by Crippen LogP contribution is -2.42. The number of hydrogen-bond donors (Lipinski definition) is 1. The topological polar surface area (TPSA) is 51.8 Å². The second kappa shape index (κ2) is 3.64. The van der Waals surface area contributed by atoms with Gasteiger partial charge < -0.3 is 5.73 Å². The molecule has 1 heterocycles. The summed E-state index contributed by atoms with van der Waals surface area (Å²) in [5.74, 6) is 0. The van der Waals surface area contributed by atoms with Crippen LogP contribution in [0.2, 0.25) is 0 Å². The average molecular weight is 231 g/mol. The molecule has 2 aromatic rings. The first-order valence-corrected chi connectivity index (χ1v) is 6.16. The number of rotatable bonds is 1. The van der Waals surface area contributed by atoms with Crippen molar-refractivity contribution in [2.45, 2.75) is 24.8 Å². The largest absolute Gasteiger partial charge is 0.321 e. The SMILES string of the molecule is NC1(c2ccccc2)CCc2nsnc2C1. The van der Waals surface area contributed by atoms with Gasteiger partial charge in [0, 0.05) is 12.0 Å². The van der Waals surface area contributed by atoms with Crippen LogP contribution in [0.4, 0.5) is 0 Å². The van der Waals surface area contributed by atoms with E-state index in [0.717, 1.165) is 30.7 Å². The van der Waals surface area contributed by atoms with E-state index in [2.05, 4.69) is 20.9 Å². The fourth-order valence-electron chi connectivity index (χ4n) is 2.29. The van der Waals surface area contributed by atoms with E-state index in [1.54, 1.807) is 0 Å². The van der Waals surface area contributed by atoms with Crippen molar-refractivity contribution in [2.75, 3.05) is 0 Å². The maximum absolute atomic E-state index is 6.49. The third-order valence-corrected chi connectivity index (χ3v) is 3.88. The molecule has 0 aliphatic heterocycles. The number of aryl methyl sites for hydroxylation is 1. The van der Waals surface area contributed by atoms with Gasteiger partial charge in [0.2, 0.25) is 0 Å². The minimum Gasteiger partial charge on any atom is -0.321 e. The van der Waals surface area contributed by atoms with Crippen LogP contribution in [0.1, 0.15) is 23.4 Å². The van der Waals surface area contributed by atoms with Gasteiger partial charge in [0.05, 0.1) is 23.1 Å². The van der Waals surface area contributed by atoms with Crippen LogP contribution in [0.25, 0.3) is 0 Å². The van der Waals surface area contributed by atoms with Crippen molar-refractivity contribution in [3.8, 4) is 0 Å². The molecule has 0 radical (unpaired) electrons. The third-order valence-electron chi connectivity index (χ3n) is 3.27. The normalized spacial score (nSPS) is 24.1. The lowest BCUT2D eigenvalue weighted by molar-refractivity contribution is 0.379. The van der Waals surface area contributed by atoms with E-state index in [4.69, 9.17) is 5.73 Å². The van der Waals surface area contributed by atoms with Gasteiger partial charge in [0.15, 0.2) is 0 Å². The minimum atomic E-state index is -0.260. The Morgan fingerprint density at radius 1 is 1.12 bits per heavy atom. The van der Waals surface area contributed by atoms with Gasteiger partial charge in [-0.1, -0.05) is 30.3 Å². The molecule has 1 aliphatic carbocycles. The first kappa shape index (κ1) is 9.93. The smallest absolute Gasteiger partial charge is 0.0796 e. The molecule has 1 aromatic heterocycles. The number of nitrogens with two attached hydrogens (primary N) is 1. The van der Waals surface area contributed by atoms with Crippen LogP contribution in [0.15, 0.2) is 30.3 Å². The van der Waals surface area contributed by atoms with Crippen molar-refractivity contribution >= 4 is 11.7 Å². The molecule has 0 amide bonds. The van der Waals surface area contributed by atoms with Gasteiger partial charge in [-0.05, 0) is 18.4 Å². The van der Waals surface area contributed by atoms with Crippen LogP contribution in [0.5, 0.6) is 0 Å². The maximum Gasteiger partial charge on any atom is 0.0796 e. The predicted octanol–water partition coefficient (Wildman–Crippen LogP) is 1.88. The highest BCUT2D eigenvalue weighted by molar-refractivity contribution is 6.99. The summed E-state index contributed by atoms with van der Waals surface area (Å²) in [7, 11) is 0. The Balaban J connectivity index is 1.98. The average Bonchev–Trinajstić information content (AvgIpc) is 2.77. The molecule has 3 nitrogen and oxygen atoms in total. The van der Waals surface area contributed by atoms with E-state index in [1.165, 1.54) is 17.3 Å². The molecule has 3 rings (SSSR count). The van der Waals surface area contributed by atoms with E-state index in [-0.39, 0.29) is 5.54 Å². The van der Waals surface area contributed by atoms with Crippen LogP contribution < -0.4 is 5.73 Å². The lowest BCUT2D eigenvalue weighted by Gasteiger charge is -2.32. The maximum atomic E-state index is 6.49. The molecule has 2 N–H and O–H groups in total. The van der Waals surface area contributed by atoms with Crippen molar-refractivity contribution in [1.82, 2.24) is 8.75 Å². The van der Waals surface area contributed by atoms with E-state index in [9.17, 15) is 0 Å². The molecular weight excluding hydrogens is 218 g/mol. The van der Waals surface area contributed by atoms with Crippen LogP contribution in [0, 0.1) is 0 Å². The predicted molar refractivity (Wildman–Crippen MR) is 64.2 cm³/mol. The summed E-state index contributed by atoms with van der Waals surface area (Å²) in [6.45, 7) is 0. The Morgan fingerprint density at radius 2 is 1.88 bits per heavy atom. The molecule has 0 fully saturated rings. The fourth-order valence-corrected chi connectivity index (χ4v) is 2.90. The van der Waals surface area contributed by atoms with E-state index in [1.807, 2.05) is 18.2 Å². The highest BCUT2D eigenvalue weighted by Crippen LogP contribution is 2.33. The Bertz CT molecular complexity index is 494. The summed E-state index contributed by atoms with van der Waals surface area (Å²) < 4.78 is 8.62. The summed E-state index contributed by atoms with van der Waals surface area (Å²) >= 11 is 1.30. The molecule has 16 heavy (non-hydrogen) atoms. The highest BCUT2D eigenvalue weighted by atomic mass is 32.1. The summed E-state index contributed by atoms with van der Waals surface area (Å²) in [4.78, 5) is 0. The van der Waals surface area contributed by atoms with E-state index < -0.39 is 0 Å². The quantitative estimate of drug-likeness (QED) is 0.815. The molecule has 0 saturated carbocycles. The van der Waals surface area contributed by atoms with Crippen LogP contribution in [-0.2, 0) is 18.4 Å². The summed E-state index contributed by atoms with van der Waals surface area (Å²) in [6, 6.07) is 10.3. The summed E-state index contributed by atoms with van der Waals surface area (Å²) in [5.41, 5.74) is 9.66. The van der Waals surface area contributed by atoms with Crippen molar-refractivity contribution in [1.29, 1.82) is 0 Å². The Hall–Kier alpha value is -1.26. The van der Waals surface area contributed by atoms with Gasteiger partial charge in [0.1, 0.15) is 0 Å². The first-order chi connectivity index (χ1) is 7.78. The molecule has 0 saturated heterocycles. The first-order valence-electron chi connectivity index (χ1n) is 5.43. The van der Waals surface area contributed by atoms with Gasteiger partial charge in [-0.2, -0.15) is 8.75 Å². The van der Waals surface area contributed by atoms with Gasteiger partial charge in [-0.25, -0.2) is 0 Å². The second-order valence-corrected chi connectivity index (χ2v) is 4.89.